The fourth-order valence-electron chi connectivity index (χ4n) is 0.509. The molecule has 5 nitrogen and oxygen atoms in total. The molecule has 0 atom stereocenters. The van der Waals surface area contributed by atoms with Gasteiger partial charge >= 0.3 is 0 Å². The van der Waals surface area contributed by atoms with Crippen LogP contribution in [0.1, 0.15) is 23.7 Å². The van der Waals surface area contributed by atoms with Gasteiger partial charge in [-0.2, -0.15) is 0 Å². The van der Waals surface area contributed by atoms with E-state index < -0.39 is 5.91 Å². The van der Waals surface area contributed by atoms with Crippen molar-refractivity contribution in [2.75, 3.05) is 0 Å². The molecular formula is C9H16N4O. The van der Waals surface area contributed by atoms with Crippen molar-refractivity contribution in [1.29, 1.82) is 0 Å². The minimum atomic E-state index is -0.442. The molecule has 0 bridgehead atoms. The first kappa shape index (κ1) is 12.5. The molecule has 1 aromatic rings. The highest BCUT2D eigenvalue weighted by Crippen LogP contribution is 1.91. The van der Waals surface area contributed by atoms with Gasteiger partial charge in [0.15, 0.2) is 0 Å². The lowest BCUT2D eigenvalue weighted by Crippen LogP contribution is -2.28. The normalized spacial score (nSPS) is 9.14. The van der Waals surface area contributed by atoms with E-state index in [1.807, 2.05) is 6.92 Å². The number of nitrogens with two attached hydrogens (primary N) is 3. The van der Waals surface area contributed by atoms with Crippen molar-refractivity contribution in [2.24, 2.45) is 17.2 Å². The Labute approximate surface area is 83.3 Å². The van der Waals surface area contributed by atoms with Gasteiger partial charge < -0.3 is 17.2 Å². The summed E-state index contributed by atoms with van der Waals surface area (Å²) >= 11 is 0. The number of nitrogens with zero attached hydrogens (tertiary/aromatic N) is 1. The Hall–Kier alpha value is -1.46. The number of pyridine rings is 1. The summed E-state index contributed by atoms with van der Waals surface area (Å²) in [5.41, 5.74) is 15.5. The molecule has 0 aliphatic heterocycles. The zero-order valence-corrected chi connectivity index (χ0v) is 8.18. The van der Waals surface area contributed by atoms with Crippen LogP contribution in [0.4, 0.5) is 0 Å². The number of rotatable bonds is 2. The summed E-state index contributed by atoms with van der Waals surface area (Å²) in [4.78, 5) is 14.1. The summed E-state index contributed by atoms with van der Waals surface area (Å²) in [5.74, 6) is -0.442. The second-order valence-electron chi connectivity index (χ2n) is 2.68. The Morgan fingerprint density at radius 3 is 2.36 bits per heavy atom. The fraction of sp³-hybridized carbons (Fsp3) is 0.333. The summed E-state index contributed by atoms with van der Waals surface area (Å²) in [5, 5.41) is 0. The van der Waals surface area contributed by atoms with Crippen molar-refractivity contribution < 1.29 is 4.79 Å². The fourth-order valence-corrected chi connectivity index (χ4v) is 0.509. The molecule has 0 aliphatic carbocycles. The quantitative estimate of drug-likeness (QED) is 0.570. The minimum absolute atomic E-state index is 0.116. The topological polar surface area (TPSA) is 108 Å². The standard InChI is InChI=1S/C6H6N2O.C3H10N2/c7-6(9)5-2-1-3-8-4-5;1-2-3(4)5/h1-4H,(H2,7,9);3H,2,4-5H2,1H3. The van der Waals surface area contributed by atoms with Crippen LogP contribution < -0.4 is 17.2 Å². The molecule has 1 amide bonds. The Kier molecular flexibility index (Phi) is 6.26. The lowest BCUT2D eigenvalue weighted by molar-refractivity contribution is 0.1000. The Balaban J connectivity index is 0.000000292. The molecule has 0 saturated heterocycles. The summed E-state index contributed by atoms with van der Waals surface area (Å²) < 4.78 is 0. The van der Waals surface area contributed by atoms with E-state index in [0.717, 1.165) is 6.42 Å². The van der Waals surface area contributed by atoms with Crippen LogP contribution in [0.25, 0.3) is 0 Å². The Bertz CT molecular complexity index is 261. The van der Waals surface area contributed by atoms with Crippen LogP contribution in [-0.2, 0) is 0 Å². The molecule has 78 valence electrons. The summed E-state index contributed by atoms with van der Waals surface area (Å²) in [6, 6.07) is 3.29. The van der Waals surface area contributed by atoms with Crippen LogP contribution in [0.5, 0.6) is 0 Å². The van der Waals surface area contributed by atoms with Crippen molar-refractivity contribution in [3.05, 3.63) is 30.1 Å². The van der Waals surface area contributed by atoms with Gasteiger partial charge in [-0.3, -0.25) is 9.78 Å². The highest BCUT2D eigenvalue weighted by Gasteiger charge is 1.94. The van der Waals surface area contributed by atoms with Gasteiger partial charge in [0.25, 0.3) is 0 Å². The molecule has 6 N–H and O–H groups in total. The minimum Gasteiger partial charge on any atom is -0.366 e. The van der Waals surface area contributed by atoms with E-state index in [1.54, 1.807) is 18.3 Å². The Morgan fingerprint density at radius 2 is 2.14 bits per heavy atom. The van der Waals surface area contributed by atoms with Gasteiger partial charge in [-0.15, -0.1) is 0 Å². The largest absolute Gasteiger partial charge is 0.366 e. The molecule has 0 saturated carbocycles. The molecule has 0 unspecified atom stereocenters. The average molecular weight is 196 g/mol. The average Bonchev–Trinajstić information content (AvgIpc) is 2.20. The number of hydrogen-bond donors (Lipinski definition) is 3. The lowest BCUT2D eigenvalue weighted by Gasteiger charge is -1.92. The molecule has 1 heterocycles. The molecule has 0 aromatic carbocycles. The van der Waals surface area contributed by atoms with Crippen molar-refractivity contribution in [2.45, 2.75) is 19.5 Å². The maximum Gasteiger partial charge on any atom is 0.250 e. The second-order valence-corrected chi connectivity index (χ2v) is 2.68. The van der Waals surface area contributed by atoms with Gasteiger partial charge in [0.2, 0.25) is 5.91 Å². The number of carbonyl (C=O) groups excluding carboxylic acids is 1. The number of amides is 1. The number of hydrogen-bond acceptors (Lipinski definition) is 4. The maximum absolute atomic E-state index is 10.4. The zero-order chi connectivity index (χ0) is 11.0. The van der Waals surface area contributed by atoms with E-state index in [2.05, 4.69) is 4.98 Å². The van der Waals surface area contributed by atoms with E-state index in [0.29, 0.717) is 5.56 Å². The van der Waals surface area contributed by atoms with Crippen LogP contribution >= 0.6 is 0 Å². The first-order chi connectivity index (χ1) is 6.57. The van der Waals surface area contributed by atoms with Crippen LogP contribution in [0, 0.1) is 0 Å². The lowest BCUT2D eigenvalue weighted by atomic mass is 10.3. The third-order valence-corrected chi connectivity index (χ3v) is 1.42. The van der Waals surface area contributed by atoms with E-state index in [1.165, 1.54) is 6.20 Å². The molecule has 0 fully saturated rings. The molecule has 1 aromatic heterocycles. The molecule has 0 aliphatic rings. The van der Waals surface area contributed by atoms with Gasteiger partial charge in [0.05, 0.1) is 11.7 Å². The smallest absolute Gasteiger partial charge is 0.250 e. The molecule has 0 radical (unpaired) electrons. The molecule has 1 rings (SSSR count). The Morgan fingerprint density at radius 1 is 1.57 bits per heavy atom. The second kappa shape index (κ2) is 6.99. The van der Waals surface area contributed by atoms with Crippen molar-refractivity contribution in [3.8, 4) is 0 Å². The summed E-state index contributed by atoms with van der Waals surface area (Å²) in [6.07, 6.45) is 3.77. The first-order valence-electron chi connectivity index (χ1n) is 4.29. The highest BCUT2D eigenvalue weighted by molar-refractivity contribution is 5.92. The zero-order valence-electron chi connectivity index (χ0n) is 8.18. The predicted octanol–water partition coefficient (Wildman–Crippen LogP) is -0.180. The molecule has 5 heteroatoms. The SMILES string of the molecule is CCC(N)N.NC(=O)c1cccnc1. The van der Waals surface area contributed by atoms with Crippen molar-refractivity contribution >= 4 is 5.91 Å². The van der Waals surface area contributed by atoms with E-state index in [-0.39, 0.29) is 6.17 Å². The number of primary amides is 1. The van der Waals surface area contributed by atoms with Crippen LogP contribution in [0.15, 0.2) is 24.5 Å². The predicted molar refractivity (Wildman–Crippen MR) is 55.2 cm³/mol. The first-order valence-corrected chi connectivity index (χ1v) is 4.29. The third-order valence-electron chi connectivity index (χ3n) is 1.42. The van der Waals surface area contributed by atoms with Gasteiger partial charge in [-0.05, 0) is 18.6 Å². The van der Waals surface area contributed by atoms with Gasteiger partial charge in [-0.1, -0.05) is 6.92 Å². The van der Waals surface area contributed by atoms with E-state index >= 15 is 0 Å². The molecular weight excluding hydrogens is 180 g/mol. The van der Waals surface area contributed by atoms with E-state index in [4.69, 9.17) is 17.2 Å². The third kappa shape index (κ3) is 6.10. The van der Waals surface area contributed by atoms with Crippen LogP contribution in [-0.4, -0.2) is 17.1 Å². The highest BCUT2D eigenvalue weighted by atomic mass is 16.1. The van der Waals surface area contributed by atoms with Gasteiger partial charge in [0, 0.05) is 12.4 Å². The van der Waals surface area contributed by atoms with Crippen molar-refractivity contribution in [1.82, 2.24) is 4.98 Å². The molecule has 0 spiro atoms. The monoisotopic (exact) mass is 196 g/mol. The molecule has 14 heavy (non-hydrogen) atoms. The van der Waals surface area contributed by atoms with Gasteiger partial charge in [-0.25, -0.2) is 0 Å². The van der Waals surface area contributed by atoms with E-state index in [9.17, 15) is 4.79 Å². The van der Waals surface area contributed by atoms with Gasteiger partial charge in [0.1, 0.15) is 0 Å². The van der Waals surface area contributed by atoms with Crippen LogP contribution in [0.3, 0.4) is 0 Å². The van der Waals surface area contributed by atoms with Crippen molar-refractivity contribution in [3.63, 3.8) is 0 Å². The van der Waals surface area contributed by atoms with Crippen LogP contribution in [0.2, 0.25) is 0 Å². The summed E-state index contributed by atoms with van der Waals surface area (Å²) in [6.45, 7) is 1.95. The number of aromatic nitrogens is 1. The summed E-state index contributed by atoms with van der Waals surface area (Å²) in [7, 11) is 0. The maximum atomic E-state index is 10.4. The number of carbonyl (C=O) groups is 1.